The molecule has 1 aromatic rings. The summed E-state index contributed by atoms with van der Waals surface area (Å²) >= 11 is 2.29. The third-order valence-corrected chi connectivity index (χ3v) is 3.63. The van der Waals surface area contributed by atoms with Gasteiger partial charge in [0.15, 0.2) is 0 Å². The molecule has 0 bridgehead atoms. The molecule has 0 aliphatic carbocycles. The molecular weight excluding hydrogens is 313 g/mol. The van der Waals surface area contributed by atoms with Gasteiger partial charge < -0.3 is 4.90 Å². The monoisotopic (exact) mass is 329 g/mol. The number of hydrogen-bond acceptors (Lipinski definition) is 1. The van der Waals surface area contributed by atoms with Gasteiger partial charge in [0.25, 0.3) is 0 Å². The van der Waals surface area contributed by atoms with E-state index in [-0.39, 0.29) is 5.91 Å². The van der Waals surface area contributed by atoms with Crippen LogP contribution in [0.5, 0.6) is 0 Å². The SMILES string of the molecule is CCCCCN1C(=O)Cc2cc(I)ccc21. The molecule has 1 aliphatic heterocycles. The highest BCUT2D eigenvalue weighted by Crippen LogP contribution is 2.30. The maximum Gasteiger partial charge on any atom is 0.231 e. The Hall–Kier alpha value is -0.580. The van der Waals surface area contributed by atoms with Gasteiger partial charge in [-0.25, -0.2) is 0 Å². The molecule has 3 heteroatoms. The number of nitrogens with zero attached hydrogens (tertiary/aromatic N) is 1. The lowest BCUT2D eigenvalue weighted by molar-refractivity contribution is -0.117. The third kappa shape index (κ3) is 2.39. The first-order valence-electron chi connectivity index (χ1n) is 5.81. The van der Waals surface area contributed by atoms with E-state index in [1.165, 1.54) is 22.0 Å². The van der Waals surface area contributed by atoms with E-state index in [4.69, 9.17) is 0 Å². The van der Waals surface area contributed by atoms with Crippen LogP contribution in [-0.2, 0) is 11.2 Å². The van der Waals surface area contributed by atoms with Crippen molar-refractivity contribution in [3.05, 3.63) is 27.3 Å². The predicted octanol–water partition coefficient (Wildman–Crippen LogP) is 3.37. The Balaban J connectivity index is 2.13. The third-order valence-electron chi connectivity index (χ3n) is 2.96. The van der Waals surface area contributed by atoms with Gasteiger partial charge in [0.05, 0.1) is 6.42 Å². The van der Waals surface area contributed by atoms with Crippen LogP contribution in [0.25, 0.3) is 0 Å². The van der Waals surface area contributed by atoms with Crippen LogP contribution in [0.2, 0.25) is 0 Å². The quantitative estimate of drug-likeness (QED) is 0.613. The van der Waals surface area contributed by atoms with Crippen LogP contribution in [0.3, 0.4) is 0 Å². The second kappa shape index (κ2) is 5.17. The Labute approximate surface area is 110 Å². The summed E-state index contributed by atoms with van der Waals surface area (Å²) in [5.41, 5.74) is 2.31. The van der Waals surface area contributed by atoms with Gasteiger partial charge in [-0.15, -0.1) is 0 Å². The molecule has 2 rings (SSSR count). The van der Waals surface area contributed by atoms with Crippen LogP contribution in [0.1, 0.15) is 31.7 Å². The lowest BCUT2D eigenvalue weighted by Crippen LogP contribution is -2.27. The van der Waals surface area contributed by atoms with Gasteiger partial charge >= 0.3 is 0 Å². The van der Waals surface area contributed by atoms with Crippen LogP contribution in [0.15, 0.2) is 18.2 Å². The Morgan fingerprint density at radius 3 is 2.94 bits per heavy atom. The van der Waals surface area contributed by atoms with Crippen molar-refractivity contribution < 1.29 is 4.79 Å². The van der Waals surface area contributed by atoms with Crippen LogP contribution in [0.4, 0.5) is 5.69 Å². The summed E-state index contributed by atoms with van der Waals surface area (Å²) in [6.45, 7) is 3.06. The first kappa shape index (κ1) is 11.9. The molecule has 0 aromatic heterocycles. The highest BCUT2D eigenvalue weighted by atomic mass is 127. The number of amides is 1. The molecule has 0 spiro atoms. The Kier molecular flexibility index (Phi) is 3.84. The number of carbonyl (C=O) groups excluding carboxylic acids is 1. The average Bonchev–Trinajstić information content (AvgIpc) is 2.55. The summed E-state index contributed by atoms with van der Waals surface area (Å²) in [4.78, 5) is 13.8. The van der Waals surface area contributed by atoms with Crippen molar-refractivity contribution in [1.29, 1.82) is 0 Å². The molecule has 2 nitrogen and oxygen atoms in total. The zero-order valence-corrected chi connectivity index (χ0v) is 11.7. The summed E-state index contributed by atoms with van der Waals surface area (Å²) in [5, 5.41) is 0. The molecule has 0 radical (unpaired) electrons. The predicted molar refractivity (Wildman–Crippen MR) is 74.7 cm³/mol. The molecule has 1 aliphatic rings. The van der Waals surface area contributed by atoms with Crippen molar-refractivity contribution in [2.45, 2.75) is 32.6 Å². The number of anilines is 1. The minimum absolute atomic E-state index is 0.258. The van der Waals surface area contributed by atoms with Crippen molar-refractivity contribution >= 4 is 34.2 Å². The average molecular weight is 329 g/mol. The molecular formula is C13H16INO. The molecule has 0 fully saturated rings. The Morgan fingerprint density at radius 2 is 2.19 bits per heavy atom. The van der Waals surface area contributed by atoms with Gasteiger partial charge in [0.1, 0.15) is 0 Å². The number of carbonyl (C=O) groups is 1. The fraction of sp³-hybridized carbons (Fsp3) is 0.462. The van der Waals surface area contributed by atoms with Gasteiger partial charge in [-0.3, -0.25) is 4.79 Å². The number of rotatable bonds is 4. The van der Waals surface area contributed by atoms with Crippen molar-refractivity contribution in [2.24, 2.45) is 0 Å². The Morgan fingerprint density at radius 1 is 1.38 bits per heavy atom. The molecule has 86 valence electrons. The summed E-state index contributed by atoms with van der Waals surface area (Å²) in [6, 6.07) is 6.27. The minimum atomic E-state index is 0.258. The van der Waals surface area contributed by atoms with E-state index >= 15 is 0 Å². The minimum Gasteiger partial charge on any atom is -0.312 e. The fourth-order valence-electron chi connectivity index (χ4n) is 2.12. The maximum absolute atomic E-state index is 11.9. The molecule has 0 N–H and O–H groups in total. The topological polar surface area (TPSA) is 20.3 Å². The number of fused-ring (bicyclic) bond motifs is 1. The normalized spacial score (nSPS) is 14.4. The van der Waals surface area contributed by atoms with Gasteiger partial charge in [-0.1, -0.05) is 19.8 Å². The van der Waals surface area contributed by atoms with Crippen LogP contribution < -0.4 is 4.90 Å². The standard InChI is InChI=1S/C13H16INO/c1-2-3-4-7-15-12-6-5-11(14)8-10(12)9-13(15)16/h5-6,8H,2-4,7,9H2,1H3. The Bertz CT molecular complexity index is 403. The van der Waals surface area contributed by atoms with Crippen molar-refractivity contribution in [3.63, 3.8) is 0 Å². The maximum atomic E-state index is 11.9. The molecule has 1 aromatic carbocycles. The number of halogens is 1. The second-order valence-corrected chi connectivity index (χ2v) is 5.45. The highest BCUT2D eigenvalue weighted by molar-refractivity contribution is 14.1. The number of benzene rings is 1. The zero-order chi connectivity index (χ0) is 11.5. The highest BCUT2D eigenvalue weighted by Gasteiger charge is 2.26. The summed E-state index contributed by atoms with van der Waals surface area (Å²) in [7, 11) is 0. The zero-order valence-electron chi connectivity index (χ0n) is 9.50. The fourth-order valence-corrected chi connectivity index (χ4v) is 2.67. The summed E-state index contributed by atoms with van der Waals surface area (Å²) < 4.78 is 1.21. The van der Waals surface area contributed by atoms with Gasteiger partial charge in [0.2, 0.25) is 5.91 Å². The lowest BCUT2D eigenvalue weighted by Gasteiger charge is -2.17. The lowest BCUT2D eigenvalue weighted by atomic mass is 10.2. The second-order valence-electron chi connectivity index (χ2n) is 4.20. The molecule has 1 amide bonds. The van der Waals surface area contributed by atoms with Crippen molar-refractivity contribution in [1.82, 2.24) is 0 Å². The molecule has 1 heterocycles. The van der Waals surface area contributed by atoms with E-state index in [1.54, 1.807) is 0 Å². The largest absolute Gasteiger partial charge is 0.312 e. The number of hydrogen-bond donors (Lipinski definition) is 0. The van der Waals surface area contributed by atoms with E-state index in [1.807, 2.05) is 4.90 Å². The first-order valence-corrected chi connectivity index (χ1v) is 6.89. The summed E-state index contributed by atoms with van der Waals surface area (Å²) in [5.74, 6) is 0.258. The number of unbranched alkanes of at least 4 members (excludes halogenated alkanes) is 2. The van der Waals surface area contributed by atoms with E-state index < -0.39 is 0 Å². The van der Waals surface area contributed by atoms with Gasteiger partial charge in [-0.2, -0.15) is 0 Å². The molecule has 0 atom stereocenters. The van der Waals surface area contributed by atoms with E-state index in [0.29, 0.717) is 6.42 Å². The molecule has 0 unspecified atom stereocenters. The van der Waals surface area contributed by atoms with Crippen molar-refractivity contribution in [2.75, 3.05) is 11.4 Å². The van der Waals surface area contributed by atoms with Crippen LogP contribution in [-0.4, -0.2) is 12.5 Å². The molecule has 0 saturated heterocycles. The van der Waals surface area contributed by atoms with E-state index in [0.717, 1.165) is 18.7 Å². The van der Waals surface area contributed by atoms with Gasteiger partial charge in [-0.05, 0) is 52.8 Å². The molecule has 0 saturated carbocycles. The smallest absolute Gasteiger partial charge is 0.231 e. The van der Waals surface area contributed by atoms with E-state index in [2.05, 4.69) is 47.7 Å². The summed E-state index contributed by atoms with van der Waals surface area (Å²) in [6.07, 6.45) is 4.08. The van der Waals surface area contributed by atoms with Crippen molar-refractivity contribution in [3.8, 4) is 0 Å². The first-order chi connectivity index (χ1) is 7.72. The van der Waals surface area contributed by atoms with Crippen LogP contribution in [0, 0.1) is 3.57 Å². The van der Waals surface area contributed by atoms with E-state index in [9.17, 15) is 4.79 Å². The van der Waals surface area contributed by atoms with Crippen LogP contribution >= 0.6 is 22.6 Å². The molecule has 16 heavy (non-hydrogen) atoms. The van der Waals surface area contributed by atoms with Gasteiger partial charge in [0, 0.05) is 15.8 Å².